The van der Waals surface area contributed by atoms with Crippen molar-refractivity contribution in [3.05, 3.63) is 52.0 Å². The van der Waals surface area contributed by atoms with Crippen molar-refractivity contribution in [2.75, 3.05) is 17.2 Å². The Morgan fingerprint density at radius 3 is 2.52 bits per heavy atom. The van der Waals surface area contributed by atoms with E-state index >= 15 is 0 Å². The lowest BCUT2D eigenvalue weighted by atomic mass is 10.2. The van der Waals surface area contributed by atoms with Crippen LogP contribution in [0, 0.1) is 0 Å². The number of carbonyl (C=O) groups excluding carboxylic acids is 1. The third-order valence-electron chi connectivity index (χ3n) is 3.84. The van der Waals surface area contributed by atoms with Gasteiger partial charge in [-0.2, -0.15) is 0 Å². The number of anilines is 1. The molecule has 0 unspecified atom stereocenters. The Hall–Kier alpha value is -1.25. The van der Waals surface area contributed by atoms with Gasteiger partial charge in [-0.15, -0.1) is 11.8 Å². The second kappa shape index (κ2) is 7.17. The molecule has 0 fully saturated rings. The van der Waals surface area contributed by atoms with Gasteiger partial charge in [0, 0.05) is 17.1 Å². The Kier molecular flexibility index (Phi) is 5.31. The Balaban J connectivity index is 1.76. The quantitative estimate of drug-likeness (QED) is 0.774. The summed E-state index contributed by atoms with van der Waals surface area (Å²) in [6.45, 7) is 0.499. The van der Waals surface area contributed by atoms with Crippen LogP contribution < -0.4 is 10.0 Å². The second-order valence-corrected chi connectivity index (χ2v) is 8.83. The molecule has 2 N–H and O–H groups in total. The van der Waals surface area contributed by atoms with Crippen LogP contribution in [-0.4, -0.2) is 26.6 Å². The minimum atomic E-state index is -3.75. The largest absolute Gasteiger partial charge is 0.311 e. The monoisotopic (exact) mass is 416 g/mol. The molecule has 1 aliphatic rings. The molecule has 9 heteroatoms. The molecule has 2 aromatic rings. The van der Waals surface area contributed by atoms with Gasteiger partial charge in [0.15, 0.2) is 0 Å². The minimum absolute atomic E-state index is 0.0535. The highest BCUT2D eigenvalue weighted by Crippen LogP contribution is 2.35. The molecule has 0 aliphatic carbocycles. The van der Waals surface area contributed by atoms with Gasteiger partial charge in [-0.3, -0.25) is 4.79 Å². The number of hydrogen-bond donors (Lipinski definition) is 1. The van der Waals surface area contributed by atoms with Crippen LogP contribution >= 0.6 is 35.0 Å². The van der Waals surface area contributed by atoms with Crippen LogP contribution in [0.4, 0.5) is 5.69 Å². The van der Waals surface area contributed by atoms with Crippen LogP contribution in [0.1, 0.15) is 5.56 Å². The summed E-state index contributed by atoms with van der Waals surface area (Å²) in [5.74, 6) is 0.0860. The van der Waals surface area contributed by atoms with Gasteiger partial charge in [0.05, 0.1) is 20.7 Å². The number of benzene rings is 2. The summed E-state index contributed by atoms with van der Waals surface area (Å²) in [5.41, 5.74) is 1.50. The van der Waals surface area contributed by atoms with E-state index in [4.69, 9.17) is 28.3 Å². The smallest absolute Gasteiger partial charge is 0.238 e. The van der Waals surface area contributed by atoms with E-state index < -0.39 is 10.0 Å². The van der Waals surface area contributed by atoms with E-state index in [0.29, 0.717) is 33.6 Å². The summed E-state index contributed by atoms with van der Waals surface area (Å²) in [7, 11) is -3.75. The number of fused-ring (bicyclic) bond motifs is 1. The number of hydrogen-bond acceptors (Lipinski definition) is 4. The number of nitrogens with zero attached hydrogens (tertiary/aromatic N) is 1. The lowest BCUT2D eigenvalue weighted by Crippen LogP contribution is -2.30. The highest BCUT2D eigenvalue weighted by Gasteiger charge is 2.26. The van der Waals surface area contributed by atoms with E-state index in [-0.39, 0.29) is 16.6 Å². The molecule has 2 aromatic carbocycles. The summed E-state index contributed by atoms with van der Waals surface area (Å²) in [6.07, 6.45) is 0.585. The van der Waals surface area contributed by atoms with E-state index in [0.717, 1.165) is 5.56 Å². The molecule has 0 radical (unpaired) electrons. The van der Waals surface area contributed by atoms with Crippen LogP contribution in [0.3, 0.4) is 0 Å². The summed E-state index contributed by atoms with van der Waals surface area (Å²) in [4.78, 5) is 14.9. The summed E-state index contributed by atoms with van der Waals surface area (Å²) in [5, 5.41) is 6.16. The molecule has 1 aliphatic heterocycles. The first-order chi connectivity index (χ1) is 11.8. The van der Waals surface area contributed by atoms with Gasteiger partial charge in [-0.1, -0.05) is 29.3 Å². The Labute approximate surface area is 160 Å². The summed E-state index contributed by atoms with van der Waals surface area (Å²) < 4.78 is 22.9. The average molecular weight is 417 g/mol. The standard InChI is InChI=1S/C16H14Cl2N2O3S2/c17-12-2-1-3-13(18)16(12)24-9-15(21)20-7-6-10-8-11(25(19,22)23)4-5-14(10)20/h1-5,8H,6-7,9H2,(H2,19,22,23). The topological polar surface area (TPSA) is 80.5 Å². The highest BCUT2D eigenvalue weighted by molar-refractivity contribution is 8.00. The lowest BCUT2D eigenvalue weighted by molar-refractivity contribution is -0.116. The Morgan fingerprint density at radius 1 is 1.20 bits per heavy atom. The van der Waals surface area contributed by atoms with Crippen molar-refractivity contribution < 1.29 is 13.2 Å². The van der Waals surface area contributed by atoms with Gasteiger partial charge in [0.1, 0.15) is 0 Å². The second-order valence-electron chi connectivity index (χ2n) is 5.47. The molecule has 5 nitrogen and oxygen atoms in total. The fourth-order valence-electron chi connectivity index (χ4n) is 2.65. The molecular formula is C16H14Cl2N2O3S2. The fourth-order valence-corrected chi connectivity index (χ4v) is 4.77. The maximum absolute atomic E-state index is 12.6. The first kappa shape index (κ1) is 18.5. The van der Waals surface area contributed by atoms with Crippen molar-refractivity contribution in [2.24, 2.45) is 5.14 Å². The molecule has 0 saturated heterocycles. The van der Waals surface area contributed by atoms with Crippen molar-refractivity contribution in [2.45, 2.75) is 16.2 Å². The Bertz CT molecular complexity index is 928. The third-order valence-corrected chi connectivity index (χ3v) is 6.72. The predicted molar refractivity (Wildman–Crippen MR) is 101 cm³/mol. The zero-order valence-corrected chi connectivity index (χ0v) is 16.1. The van der Waals surface area contributed by atoms with Gasteiger partial charge in [-0.25, -0.2) is 13.6 Å². The van der Waals surface area contributed by atoms with Gasteiger partial charge in [0.25, 0.3) is 0 Å². The molecule has 0 saturated carbocycles. The molecule has 0 bridgehead atoms. The Morgan fingerprint density at radius 2 is 1.88 bits per heavy atom. The van der Waals surface area contributed by atoms with Gasteiger partial charge in [-0.05, 0) is 42.3 Å². The van der Waals surface area contributed by atoms with E-state index in [9.17, 15) is 13.2 Å². The molecule has 0 atom stereocenters. The summed E-state index contributed by atoms with van der Waals surface area (Å²) >= 11 is 13.5. The maximum atomic E-state index is 12.6. The zero-order valence-electron chi connectivity index (χ0n) is 12.9. The number of carbonyl (C=O) groups is 1. The van der Waals surface area contributed by atoms with E-state index in [2.05, 4.69) is 0 Å². The number of sulfonamides is 1. The number of amides is 1. The van der Waals surface area contributed by atoms with Crippen LogP contribution in [0.2, 0.25) is 10.0 Å². The highest BCUT2D eigenvalue weighted by atomic mass is 35.5. The molecule has 1 amide bonds. The number of primary sulfonamides is 1. The molecule has 132 valence electrons. The minimum Gasteiger partial charge on any atom is -0.311 e. The number of thioether (sulfide) groups is 1. The van der Waals surface area contributed by atoms with Gasteiger partial charge < -0.3 is 4.90 Å². The molecule has 0 aromatic heterocycles. The zero-order chi connectivity index (χ0) is 18.2. The van der Waals surface area contributed by atoms with E-state index in [1.54, 1.807) is 29.2 Å². The number of halogens is 2. The number of nitrogens with two attached hydrogens (primary N) is 1. The first-order valence-corrected chi connectivity index (χ1v) is 10.6. The SMILES string of the molecule is NS(=O)(=O)c1ccc2c(c1)CCN2C(=O)CSc1c(Cl)cccc1Cl. The van der Waals surface area contributed by atoms with Crippen molar-refractivity contribution in [1.29, 1.82) is 0 Å². The molecule has 25 heavy (non-hydrogen) atoms. The lowest BCUT2D eigenvalue weighted by Gasteiger charge is -2.17. The fraction of sp³-hybridized carbons (Fsp3) is 0.188. The van der Waals surface area contributed by atoms with Crippen molar-refractivity contribution in [3.63, 3.8) is 0 Å². The molecule has 3 rings (SSSR count). The molecule has 0 spiro atoms. The molecular weight excluding hydrogens is 403 g/mol. The van der Waals surface area contributed by atoms with Crippen molar-refractivity contribution in [1.82, 2.24) is 0 Å². The maximum Gasteiger partial charge on any atom is 0.238 e. The number of rotatable bonds is 4. The first-order valence-electron chi connectivity index (χ1n) is 7.30. The summed E-state index contributed by atoms with van der Waals surface area (Å²) in [6, 6.07) is 9.75. The predicted octanol–water partition coefficient (Wildman–Crippen LogP) is 3.32. The van der Waals surface area contributed by atoms with Crippen molar-refractivity contribution in [3.8, 4) is 0 Å². The van der Waals surface area contributed by atoms with Gasteiger partial charge in [0.2, 0.25) is 15.9 Å². The van der Waals surface area contributed by atoms with Crippen LogP contribution in [0.25, 0.3) is 0 Å². The normalized spacial score (nSPS) is 13.8. The van der Waals surface area contributed by atoms with Crippen molar-refractivity contribution >= 4 is 56.6 Å². The average Bonchev–Trinajstić information content (AvgIpc) is 2.96. The van der Waals surface area contributed by atoms with Gasteiger partial charge >= 0.3 is 0 Å². The van der Waals surface area contributed by atoms with E-state index in [1.165, 1.54) is 23.9 Å². The van der Waals surface area contributed by atoms with Crippen LogP contribution in [-0.2, 0) is 21.2 Å². The van der Waals surface area contributed by atoms with Crippen LogP contribution in [0.15, 0.2) is 46.2 Å². The van der Waals surface area contributed by atoms with Crippen LogP contribution in [0.5, 0.6) is 0 Å². The van der Waals surface area contributed by atoms with E-state index in [1.807, 2.05) is 0 Å². The molecule has 1 heterocycles. The third kappa shape index (κ3) is 3.96.